The van der Waals surface area contributed by atoms with Gasteiger partial charge in [-0.2, -0.15) is 5.26 Å². The SMILES string of the molecule is N#Cc1ccccc1NC(=S)NC(=O)C(c1ccccc1)c1ccccc1. The first-order chi connectivity index (χ1) is 13.2. The van der Waals surface area contributed by atoms with Crippen molar-refractivity contribution in [2.45, 2.75) is 5.92 Å². The first-order valence-electron chi connectivity index (χ1n) is 8.40. The third kappa shape index (κ3) is 4.57. The van der Waals surface area contributed by atoms with Crippen molar-refractivity contribution < 1.29 is 4.79 Å². The molecule has 3 aromatic carbocycles. The van der Waals surface area contributed by atoms with Gasteiger partial charge in [-0.15, -0.1) is 0 Å². The van der Waals surface area contributed by atoms with E-state index in [-0.39, 0.29) is 11.0 Å². The number of nitrogens with one attached hydrogen (secondary N) is 2. The molecule has 0 fully saturated rings. The Bertz CT molecular complexity index is 942. The number of para-hydroxylation sites is 1. The van der Waals surface area contributed by atoms with Crippen molar-refractivity contribution in [1.29, 1.82) is 5.26 Å². The molecule has 3 rings (SSSR count). The molecule has 3 aromatic rings. The molecule has 2 N–H and O–H groups in total. The standard InChI is InChI=1S/C22H17N3OS/c23-15-18-13-7-8-14-19(18)24-22(27)25-21(26)20(16-9-3-1-4-10-16)17-11-5-2-6-12-17/h1-14,20H,(H2,24,25,26,27). The van der Waals surface area contributed by atoms with Crippen LogP contribution in [-0.2, 0) is 4.79 Å². The van der Waals surface area contributed by atoms with E-state index in [1.165, 1.54) is 0 Å². The number of rotatable bonds is 4. The lowest BCUT2D eigenvalue weighted by molar-refractivity contribution is -0.120. The van der Waals surface area contributed by atoms with E-state index in [0.717, 1.165) is 11.1 Å². The molecule has 132 valence electrons. The molecule has 4 nitrogen and oxygen atoms in total. The summed E-state index contributed by atoms with van der Waals surface area (Å²) in [5, 5.41) is 15.0. The fraction of sp³-hybridized carbons (Fsp3) is 0.0455. The summed E-state index contributed by atoms with van der Waals surface area (Å²) in [5.74, 6) is -0.724. The van der Waals surface area contributed by atoms with Gasteiger partial charge in [-0.05, 0) is 35.5 Å². The smallest absolute Gasteiger partial charge is 0.238 e. The van der Waals surface area contributed by atoms with Crippen LogP contribution in [0, 0.1) is 11.3 Å². The van der Waals surface area contributed by atoms with Crippen LogP contribution >= 0.6 is 12.2 Å². The average molecular weight is 371 g/mol. The largest absolute Gasteiger partial charge is 0.331 e. The van der Waals surface area contributed by atoms with Gasteiger partial charge >= 0.3 is 0 Å². The monoisotopic (exact) mass is 371 g/mol. The van der Waals surface area contributed by atoms with E-state index in [9.17, 15) is 10.1 Å². The van der Waals surface area contributed by atoms with Crippen molar-refractivity contribution in [3.63, 3.8) is 0 Å². The number of nitrogens with zero attached hydrogens (tertiary/aromatic N) is 1. The van der Waals surface area contributed by atoms with Gasteiger partial charge in [0, 0.05) is 0 Å². The molecular weight excluding hydrogens is 354 g/mol. The lowest BCUT2D eigenvalue weighted by Crippen LogP contribution is -2.38. The number of thiocarbonyl (C=S) groups is 1. The van der Waals surface area contributed by atoms with E-state index < -0.39 is 5.92 Å². The zero-order valence-electron chi connectivity index (χ0n) is 14.4. The van der Waals surface area contributed by atoms with Crippen molar-refractivity contribution in [3.8, 4) is 6.07 Å². The van der Waals surface area contributed by atoms with Crippen molar-refractivity contribution in [3.05, 3.63) is 102 Å². The molecule has 0 saturated carbocycles. The zero-order valence-corrected chi connectivity index (χ0v) is 15.2. The van der Waals surface area contributed by atoms with Crippen molar-refractivity contribution in [2.24, 2.45) is 0 Å². The number of carbonyl (C=O) groups excluding carboxylic acids is 1. The second-order valence-corrected chi connectivity index (χ2v) is 6.26. The molecular formula is C22H17N3OS. The van der Waals surface area contributed by atoms with Crippen LogP contribution in [0.25, 0.3) is 0 Å². The number of carbonyl (C=O) groups is 1. The number of amides is 1. The molecule has 0 aliphatic rings. The van der Waals surface area contributed by atoms with Crippen molar-refractivity contribution in [1.82, 2.24) is 5.32 Å². The first-order valence-corrected chi connectivity index (χ1v) is 8.80. The lowest BCUT2D eigenvalue weighted by Gasteiger charge is -2.19. The normalized spacial score (nSPS) is 10.1. The Kier molecular flexibility index (Phi) is 5.93. The highest BCUT2D eigenvalue weighted by Gasteiger charge is 2.23. The fourth-order valence-electron chi connectivity index (χ4n) is 2.81. The molecule has 0 aliphatic carbocycles. The quantitative estimate of drug-likeness (QED) is 0.675. The van der Waals surface area contributed by atoms with Crippen LogP contribution in [-0.4, -0.2) is 11.0 Å². The molecule has 0 spiro atoms. The van der Waals surface area contributed by atoms with E-state index in [2.05, 4.69) is 16.7 Å². The summed E-state index contributed by atoms with van der Waals surface area (Å²) in [5.41, 5.74) is 2.76. The van der Waals surface area contributed by atoms with Gasteiger partial charge < -0.3 is 10.6 Å². The maximum atomic E-state index is 13.0. The molecule has 1 amide bonds. The molecule has 0 aliphatic heterocycles. The molecule has 5 heteroatoms. The topological polar surface area (TPSA) is 64.9 Å². The highest BCUT2D eigenvalue weighted by molar-refractivity contribution is 7.80. The maximum absolute atomic E-state index is 13.0. The molecule has 0 aromatic heterocycles. The third-order valence-electron chi connectivity index (χ3n) is 4.06. The molecule has 0 bridgehead atoms. The Labute approximate surface area is 163 Å². The fourth-order valence-corrected chi connectivity index (χ4v) is 3.02. The van der Waals surface area contributed by atoms with Crippen LogP contribution in [0.3, 0.4) is 0 Å². The van der Waals surface area contributed by atoms with Gasteiger partial charge in [-0.3, -0.25) is 4.79 Å². The Morgan fingerprint density at radius 3 is 1.93 bits per heavy atom. The predicted octanol–water partition coefficient (Wildman–Crippen LogP) is 4.20. The zero-order chi connectivity index (χ0) is 19.1. The average Bonchev–Trinajstić information content (AvgIpc) is 2.70. The Morgan fingerprint density at radius 1 is 0.852 bits per heavy atom. The molecule has 0 saturated heterocycles. The summed E-state index contributed by atoms with van der Waals surface area (Å²) in [7, 11) is 0. The second-order valence-electron chi connectivity index (χ2n) is 5.86. The molecule has 0 heterocycles. The minimum absolute atomic E-state index is 0.152. The summed E-state index contributed by atoms with van der Waals surface area (Å²) >= 11 is 5.29. The van der Waals surface area contributed by atoms with Crippen LogP contribution in [0.2, 0.25) is 0 Å². The summed E-state index contributed by atoms with van der Waals surface area (Å²) < 4.78 is 0. The number of nitriles is 1. The van der Waals surface area contributed by atoms with Gasteiger partial charge in [0.25, 0.3) is 0 Å². The predicted molar refractivity (Wildman–Crippen MR) is 110 cm³/mol. The molecule has 0 radical (unpaired) electrons. The lowest BCUT2D eigenvalue weighted by atomic mass is 9.90. The number of anilines is 1. The highest BCUT2D eigenvalue weighted by atomic mass is 32.1. The van der Waals surface area contributed by atoms with Gasteiger partial charge in [0.1, 0.15) is 6.07 Å². The van der Waals surface area contributed by atoms with Crippen LogP contribution in [0.5, 0.6) is 0 Å². The number of benzene rings is 3. The Balaban J connectivity index is 1.81. The minimum atomic E-state index is -0.488. The number of hydrogen-bond donors (Lipinski definition) is 2. The van der Waals surface area contributed by atoms with E-state index in [1.54, 1.807) is 24.3 Å². The van der Waals surface area contributed by atoms with Crippen molar-refractivity contribution in [2.75, 3.05) is 5.32 Å². The number of hydrogen-bond acceptors (Lipinski definition) is 3. The molecule has 27 heavy (non-hydrogen) atoms. The van der Waals surface area contributed by atoms with Gasteiger partial charge in [-0.25, -0.2) is 0 Å². The van der Waals surface area contributed by atoms with E-state index in [4.69, 9.17) is 12.2 Å². The van der Waals surface area contributed by atoms with Gasteiger partial charge in [0.05, 0.1) is 17.2 Å². The minimum Gasteiger partial charge on any atom is -0.331 e. The third-order valence-corrected chi connectivity index (χ3v) is 4.26. The highest BCUT2D eigenvalue weighted by Crippen LogP contribution is 2.24. The van der Waals surface area contributed by atoms with Crippen LogP contribution < -0.4 is 10.6 Å². The van der Waals surface area contributed by atoms with Crippen LogP contribution in [0.4, 0.5) is 5.69 Å². The van der Waals surface area contributed by atoms with Crippen LogP contribution in [0.1, 0.15) is 22.6 Å². The summed E-state index contributed by atoms with van der Waals surface area (Å²) in [4.78, 5) is 13.0. The van der Waals surface area contributed by atoms with E-state index in [1.807, 2.05) is 60.7 Å². The summed E-state index contributed by atoms with van der Waals surface area (Å²) in [6.45, 7) is 0. The van der Waals surface area contributed by atoms with E-state index >= 15 is 0 Å². The van der Waals surface area contributed by atoms with E-state index in [0.29, 0.717) is 11.3 Å². The summed E-state index contributed by atoms with van der Waals surface area (Å²) in [6.07, 6.45) is 0. The maximum Gasteiger partial charge on any atom is 0.238 e. The molecule has 0 unspecified atom stereocenters. The van der Waals surface area contributed by atoms with Gasteiger partial charge in [0.2, 0.25) is 5.91 Å². The van der Waals surface area contributed by atoms with Gasteiger partial charge in [0.15, 0.2) is 5.11 Å². The Morgan fingerprint density at radius 2 is 1.37 bits per heavy atom. The second kappa shape index (κ2) is 8.75. The first kappa shape index (κ1) is 18.3. The van der Waals surface area contributed by atoms with Crippen molar-refractivity contribution >= 4 is 28.9 Å². The van der Waals surface area contributed by atoms with Crippen LogP contribution in [0.15, 0.2) is 84.9 Å². The summed E-state index contributed by atoms with van der Waals surface area (Å²) in [6, 6.07) is 28.2. The Hall–Kier alpha value is -3.49. The van der Waals surface area contributed by atoms with Gasteiger partial charge in [-0.1, -0.05) is 72.8 Å². The molecule has 0 atom stereocenters.